The first-order valence-corrected chi connectivity index (χ1v) is 7.90. The third kappa shape index (κ3) is 3.23. The van der Waals surface area contributed by atoms with Crippen molar-refractivity contribution in [2.75, 3.05) is 19.6 Å². The van der Waals surface area contributed by atoms with Crippen LogP contribution in [0.5, 0.6) is 0 Å². The lowest BCUT2D eigenvalue weighted by atomic mass is 9.91. The third-order valence-electron chi connectivity index (χ3n) is 4.99. The van der Waals surface area contributed by atoms with Crippen LogP contribution in [0.25, 0.3) is 0 Å². The van der Waals surface area contributed by atoms with Crippen LogP contribution >= 0.6 is 0 Å². The standard InChI is InChI=1S/C15H28N2/c1-2-4-14(5-3-1)17(15-6-7-15)12-13-8-10-16-11-9-13/h13-16H,1-12H2. The quantitative estimate of drug-likeness (QED) is 0.807. The molecule has 2 saturated carbocycles. The lowest BCUT2D eigenvalue weighted by Crippen LogP contribution is -2.43. The number of piperidine rings is 1. The largest absolute Gasteiger partial charge is 0.317 e. The van der Waals surface area contributed by atoms with E-state index in [1.807, 2.05) is 0 Å². The van der Waals surface area contributed by atoms with Crippen LogP contribution in [0.15, 0.2) is 0 Å². The Morgan fingerprint density at radius 2 is 1.41 bits per heavy atom. The summed E-state index contributed by atoms with van der Waals surface area (Å²) in [7, 11) is 0. The number of rotatable bonds is 4. The predicted molar refractivity (Wildman–Crippen MR) is 72.2 cm³/mol. The molecule has 2 heteroatoms. The molecule has 0 aromatic carbocycles. The number of hydrogen-bond acceptors (Lipinski definition) is 2. The zero-order valence-electron chi connectivity index (χ0n) is 11.2. The van der Waals surface area contributed by atoms with Crippen molar-refractivity contribution < 1.29 is 0 Å². The molecule has 0 unspecified atom stereocenters. The first-order valence-electron chi connectivity index (χ1n) is 7.90. The van der Waals surface area contributed by atoms with E-state index < -0.39 is 0 Å². The summed E-state index contributed by atoms with van der Waals surface area (Å²) < 4.78 is 0. The maximum Gasteiger partial charge on any atom is 0.00994 e. The molecule has 0 atom stereocenters. The Balaban J connectivity index is 1.55. The SMILES string of the molecule is C1CCC(N(CC2CCNCC2)C2CC2)CC1. The predicted octanol–water partition coefficient (Wildman–Crippen LogP) is 2.78. The molecule has 1 N–H and O–H groups in total. The van der Waals surface area contributed by atoms with Gasteiger partial charge in [-0.1, -0.05) is 19.3 Å². The van der Waals surface area contributed by atoms with Gasteiger partial charge in [-0.25, -0.2) is 0 Å². The second kappa shape index (κ2) is 5.71. The second-order valence-corrected chi connectivity index (χ2v) is 6.41. The van der Waals surface area contributed by atoms with Gasteiger partial charge < -0.3 is 5.32 Å². The molecule has 17 heavy (non-hydrogen) atoms. The summed E-state index contributed by atoms with van der Waals surface area (Å²) in [5, 5.41) is 3.49. The van der Waals surface area contributed by atoms with Gasteiger partial charge in [-0.3, -0.25) is 4.90 Å². The molecule has 0 spiro atoms. The summed E-state index contributed by atoms with van der Waals surface area (Å²) in [4.78, 5) is 2.93. The Kier molecular flexibility index (Phi) is 4.02. The lowest BCUT2D eigenvalue weighted by molar-refractivity contribution is 0.115. The molecule has 0 amide bonds. The molecule has 0 radical (unpaired) electrons. The Morgan fingerprint density at radius 3 is 2.06 bits per heavy atom. The minimum Gasteiger partial charge on any atom is -0.317 e. The van der Waals surface area contributed by atoms with E-state index >= 15 is 0 Å². The Labute approximate surface area is 106 Å². The van der Waals surface area contributed by atoms with E-state index in [1.165, 1.54) is 77.4 Å². The molecular formula is C15H28N2. The van der Waals surface area contributed by atoms with Gasteiger partial charge in [-0.15, -0.1) is 0 Å². The Bertz CT molecular complexity index is 225. The normalized spacial score (nSPS) is 28.8. The molecule has 1 aliphatic heterocycles. The number of nitrogens with zero attached hydrogens (tertiary/aromatic N) is 1. The average molecular weight is 236 g/mol. The van der Waals surface area contributed by atoms with Gasteiger partial charge >= 0.3 is 0 Å². The maximum atomic E-state index is 3.49. The fourth-order valence-corrected chi connectivity index (χ4v) is 3.78. The van der Waals surface area contributed by atoms with Crippen molar-refractivity contribution in [3.8, 4) is 0 Å². The highest BCUT2D eigenvalue weighted by atomic mass is 15.2. The van der Waals surface area contributed by atoms with Gasteiger partial charge in [0.15, 0.2) is 0 Å². The highest BCUT2D eigenvalue weighted by molar-refractivity contribution is 4.91. The van der Waals surface area contributed by atoms with E-state index in [1.54, 1.807) is 0 Å². The van der Waals surface area contributed by atoms with Crippen LogP contribution in [0.1, 0.15) is 57.8 Å². The fraction of sp³-hybridized carbons (Fsp3) is 1.00. The topological polar surface area (TPSA) is 15.3 Å². The van der Waals surface area contributed by atoms with Gasteiger partial charge in [-0.05, 0) is 57.5 Å². The molecule has 0 aromatic rings. The molecule has 2 nitrogen and oxygen atoms in total. The smallest absolute Gasteiger partial charge is 0.00994 e. The van der Waals surface area contributed by atoms with E-state index in [0.29, 0.717) is 0 Å². The average Bonchev–Trinajstić information content (AvgIpc) is 3.23. The van der Waals surface area contributed by atoms with Crippen molar-refractivity contribution in [1.29, 1.82) is 0 Å². The molecule has 2 aliphatic carbocycles. The highest BCUT2D eigenvalue weighted by Crippen LogP contribution is 2.35. The Hall–Kier alpha value is -0.0800. The van der Waals surface area contributed by atoms with Crippen LogP contribution in [0.4, 0.5) is 0 Å². The minimum absolute atomic E-state index is 0.950. The van der Waals surface area contributed by atoms with Crippen LogP contribution in [-0.2, 0) is 0 Å². The number of nitrogens with one attached hydrogen (secondary N) is 1. The molecule has 1 saturated heterocycles. The fourth-order valence-electron chi connectivity index (χ4n) is 3.78. The van der Waals surface area contributed by atoms with Gasteiger partial charge in [0.25, 0.3) is 0 Å². The summed E-state index contributed by atoms with van der Waals surface area (Å²) in [6.45, 7) is 3.93. The van der Waals surface area contributed by atoms with Crippen LogP contribution in [0.2, 0.25) is 0 Å². The monoisotopic (exact) mass is 236 g/mol. The van der Waals surface area contributed by atoms with Crippen molar-refractivity contribution >= 4 is 0 Å². The van der Waals surface area contributed by atoms with Crippen molar-refractivity contribution in [2.45, 2.75) is 69.9 Å². The van der Waals surface area contributed by atoms with Gasteiger partial charge in [0, 0.05) is 18.6 Å². The first-order chi connectivity index (χ1) is 8.43. The Morgan fingerprint density at radius 1 is 0.765 bits per heavy atom. The molecule has 3 fully saturated rings. The molecule has 1 heterocycles. The molecular weight excluding hydrogens is 208 g/mol. The zero-order valence-corrected chi connectivity index (χ0v) is 11.2. The molecule has 3 aliphatic rings. The summed E-state index contributed by atoms with van der Waals surface area (Å²) in [5.74, 6) is 0.985. The number of hydrogen-bond donors (Lipinski definition) is 1. The van der Waals surface area contributed by atoms with Crippen LogP contribution in [-0.4, -0.2) is 36.6 Å². The first kappa shape index (κ1) is 12.0. The van der Waals surface area contributed by atoms with Crippen LogP contribution < -0.4 is 5.32 Å². The third-order valence-corrected chi connectivity index (χ3v) is 4.99. The van der Waals surface area contributed by atoms with Crippen molar-refractivity contribution in [3.05, 3.63) is 0 Å². The highest BCUT2D eigenvalue weighted by Gasteiger charge is 2.35. The maximum absolute atomic E-state index is 3.49. The summed E-state index contributed by atoms with van der Waals surface area (Å²) >= 11 is 0. The summed E-state index contributed by atoms with van der Waals surface area (Å²) in [5.41, 5.74) is 0. The van der Waals surface area contributed by atoms with E-state index in [0.717, 1.165) is 18.0 Å². The zero-order chi connectivity index (χ0) is 11.5. The molecule has 98 valence electrons. The van der Waals surface area contributed by atoms with Crippen LogP contribution in [0.3, 0.4) is 0 Å². The van der Waals surface area contributed by atoms with Crippen molar-refractivity contribution in [1.82, 2.24) is 10.2 Å². The van der Waals surface area contributed by atoms with Gasteiger partial charge in [-0.2, -0.15) is 0 Å². The van der Waals surface area contributed by atoms with Crippen LogP contribution in [0, 0.1) is 5.92 Å². The van der Waals surface area contributed by atoms with Crippen molar-refractivity contribution in [3.63, 3.8) is 0 Å². The van der Waals surface area contributed by atoms with Crippen molar-refractivity contribution in [2.24, 2.45) is 5.92 Å². The minimum atomic E-state index is 0.950. The van der Waals surface area contributed by atoms with E-state index in [4.69, 9.17) is 0 Å². The van der Waals surface area contributed by atoms with Gasteiger partial charge in [0.05, 0.1) is 0 Å². The molecule has 3 rings (SSSR count). The summed E-state index contributed by atoms with van der Waals surface area (Å²) in [6.07, 6.45) is 13.2. The van der Waals surface area contributed by atoms with Gasteiger partial charge in [0.2, 0.25) is 0 Å². The van der Waals surface area contributed by atoms with E-state index in [-0.39, 0.29) is 0 Å². The molecule has 0 bridgehead atoms. The van der Waals surface area contributed by atoms with E-state index in [9.17, 15) is 0 Å². The van der Waals surface area contributed by atoms with E-state index in [2.05, 4.69) is 10.2 Å². The lowest BCUT2D eigenvalue weighted by Gasteiger charge is -2.38. The second-order valence-electron chi connectivity index (χ2n) is 6.41. The summed E-state index contributed by atoms with van der Waals surface area (Å²) in [6, 6.07) is 1.93. The van der Waals surface area contributed by atoms with Gasteiger partial charge in [0.1, 0.15) is 0 Å². The molecule has 0 aromatic heterocycles.